The Morgan fingerprint density at radius 1 is 1.33 bits per heavy atom. The van der Waals surface area contributed by atoms with Gasteiger partial charge in [-0.15, -0.1) is 11.6 Å². The van der Waals surface area contributed by atoms with E-state index in [9.17, 15) is 13.2 Å². The van der Waals surface area contributed by atoms with E-state index in [-0.39, 0.29) is 4.90 Å². The van der Waals surface area contributed by atoms with Crippen LogP contribution in [0.5, 0.6) is 0 Å². The Balaban J connectivity index is 2.69. The van der Waals surface area contributed by atoms with Crippen molar-refractivity contribution in [1.29, 1.82) is 0 Å². The highest BCUT2D eigenvalue weighted by Gasteiger charge is 2.14. The Hall–Kier alpha value is -1.15. The summed E-state index contributed by atoms with van der Waals surface area (Å²) in [5, 5.41) is 0. The van der Waals surface area contributed by atoms with Crippen LogP contribution in [0.4, 0.5) is 0 Å². The van der Waals surface area contributed by atoms with Crippen molar-refractivity contribution >= 4 is 27.5 Å². The molecular formula is C10H13ClN2O4S. The Bertz CT molecular complexity index is 501. The highest BCUT2D eigenvalue weighted by molar-refractivity contribution is 7.89. The Labute approximate surface area is 110 Å². The van der Waals surface area contributed by atoms with E-state index in [0.29, 0.717) is 12.3 Å². The van der Waals surface area contributed by atoms with Crippen molar-refractivity contribution in [3.63, 3.8) is 0 Å². The molecule has 0 saturated heterocycles. The van der Waals surface area contributed by atoms with Crippen LogP contribution in [0.25, 0.3) is 0 Å². The molecule has 0 aliphatic heterocycles. The number of carbonyl (C=O) groups excluding carboxylic acids is 1. The Kier molecular flexibility index (Phi) is 5.54. The summed E-state index contributed by atoms with van der Waals surface area (Å²) in [5.41, 5.74) is 5.73. The lowest BCUT2D eigenvalue weighted by molar-refractivity contribution is -0.123. The smallest absolute Gasteiger partial charge is 0.262 e. The van der Waals surface area contributed by atoms with Gasteiger partial charge in [-0.25, -0.2) is 8.42 Å². The van der Waals surface area contributed by atoms with Crippen molar-refractivity contribution in [2.24, 2.45) is 5.73 Å². The Morgan fingerprint density at radius 2 is 1.94 bits per heavy atom. The molecule has 6 nitrogen and oxygen atoms in total. The SMILES string of the molecule is NC(=O)CONS(=O)(=O)c1ccc(CCCl)cc1. The van der Waals surface area contributed by atoms with Crippen LogP contribution >= 0.6 is 11.6 Å². The number of primary amides is 1. The zero-order valence-electron chi connectivity index (χ0n) is 9.43. The molecule has 1 aromatic rings. The second-order valence-corrected chi connectivity index (χ2v) is 5.45. The van der Waals surface area contributed by atoms with Gasteiger partial charge in [-0.05, 0) is 24.1 Å². The molecule has 0 fully saturated rings. The third kappa shape index (κ3) is 4.61. The van der Waals surface area contributed by atoms with Crippen molar-refractivity contribution in [1.82, 2.24) is 4.89 Å². The molecule has 100 valence electrons. The lowest BCUT2D eigenvalue weighted by atomic mass is 10.2. The molecule has 1 aromatic carbocycles. The van der Waals surface area contributed by atoms with E-state index in [1.807, 2.05) is 0 Å². The van der Waals surface area contributed by atoms with E-state index in [0.717, 1.165) is 5.56 Å². The van der Waals surface area contributed by atoms with E-state index in [4.69, 9.17) is 17.3 Å². The van der Waals surface area contributed by atoms with Gasteiger partial charge in [-0.1, -0.05) is 17.0 Å². The molecule has 1 rings (SSSR count). The number of nitrogens with two attached hydrogens (primary N) is 1. The molecular weight excluding hydrogens is 280 g/mol. The molecule has 0 bridgehead atoms. The summed E-state index contributed by atoms with van der Waals surface area (Å²) >= 11 is 5.57. The number of hydrogen-bond acceptors (Lipinski definition) is 4. The molecule has 0 aromatic heterocycles. The molecule has 0 unspecified atom stereocenters. The second-order valence-electron chi connectivity index (χ2n) is 3.42. The highest BCUT2D eigenvalue weighted by atomic mass is 35.5. The third-order valence-electron chi connectivity index (χ3n) is 2.00. The number of sulfonamides is 1. The standard InChI is InChI=1S/C10H13ClN2O4S/c11-6-5-8-1-3-9(4-2-8)18(15,16)13-17-7-10(12)14/h1-4,13H,5-7H2,(H2,12,14). The quantitative estimate of drug-likeness (QED) is 0.552. The molecule has 0 radical (unpaired) electrons. The topological polar surface area (TPSA) is 98.5 Å². The largest absolute Gasteiger partial charge is 0.368 e. The summed E-state index contributed by atoms with van der Waals surface area (Å²) in [6.45, 7) is -0.524. The van der Waals surface area contributed by atoms with Gasteiger partial charge in [0.2, 0.25) is 5.91 Å². The maximum absolute atomic E-state index is 11.7. The first-order valence-corrected chi connectivity index (χ1v) is 7.04. The summed E-state index contributed by atoms with van der Waals surface area (Å²) in [6.07, 6.45) is 0.660. The number of hydrogen-bond donors (Lipinski definition) is 2. The van der Waals surface area contributed by atoms with Crippen molar-refractivity contribution in [3.8, 4) is 0 Å². The molecule has 0 spiro atoms. The lowest BCUT2D eigenvalue weighted by Crippen LogP contribution is -2.29. The summed E-state index contributed by atoms with van der Waals surface area (Å²) in [6, 6.07) is 6.17. The van der Waals surface area contributed by atoms with Crippen LogP contribution in [-0.2, 0) is 26.1 Å². The van der Waals surface area contributed by atoms with Crippen molar-refractivity contribution in [2.45, 2.75) is 11.3 Å². The van der Waals surface area contributed by atoms with Gasteiger partial charge in [0.1, 0.15) is 6.61 Å². The van der Waals surface area contributed by atoms with Crippen LogP contribution in [0.1, 0.15) is 5.56 Å². The number of amides is 1. The maximum atomic E-state index is 11.7. The number of halogens is 1. The fourth-order valence-electron chi connectivity index (χ4n) is 1.17. The summed E-state index contributed by atoms with van der Waals surface area (Å²) in [7, 11) is -3.80. The number of nitrogens with one attached hydrogen (secondary N) is 1. The first kappa shape index (κ1) is 14.9. The van der Waals surface area contributed by atoms with Gasteiger partial charge in [-0.2, -0.15) is 0 Å². The van der Waals surface area contributed by atoms with Crippen LogP contribution in [-0.4, -0.2) is 26.8 Å². The molecule has 0 aliphatic carbocycles. The molecule has 0 atom stereocenters. The van der Waals surface area contributed by atoms with Gasteiger partial charge < -0.3 is 5.73 Å². The van der Waals surface area contributed by atoms with Gasteiger partial charge in [0.25, 0.3) is 10.0 Å². The monoisotopic (exact) mass is 292 g/mol. The van der Waals surface area contributed by atoms with E-state index in [2.05, 4.69) is 4.84 Å². The van der Waals surface area contributed by atoms with Crippen LogP contribution in [0.3, 0.4) is 0 Å². The van der Waals surface area contributed by atoms with Gasteiger partial charge in [0, 0.05) is 5.88 Å². The minimum Gasteiger partial charge on any atom is -0.368 e. The van der Waals surface area contributed by atoms with E-state index in [1.54, 1.807) is 17.0 Å². The molecule has 0 aliphatic rings. The third-order valence-corrected chi connectivity index (χ3v) is 3.42. The van der Waals surface area contributed by atoms with Crippen molar-refractivity contribution < 1.29 is 18.0 Å². The summed E-state index contributed by atoms with van der Waals surface area (Å²) in [4.78, 5) is 16.7. The van der Waals surface area contributed by atoms with Gasteiger partial charge in [-0.3, -0.25) is 9.63 Å². The second kappa shape index (κ2) is 6.69. The number of carbonyl (C=O) groups is 1. The van der Waals surface area contributed by atoms with Crippen LogP contribution in [0.15, 0.2) is 29.2 Å². The predicted molar refractivity (Wildman–Crippen MR) is 66.3 cm³/mol. The lowest BCUT2D eigenvalue weighted by Gasteiger charge is -2.06. The number of rotatable bonds is 7. The van der Waals surface area contributed by atoms with Crippen LogP contribution < -0.4 is 10.6 Å². The summed E-state index contributed by atoms with van der Waals surface area (Å²) in [5.74, 6) is -0.304. The molecule has 0 heterocycles. The summed E-state index contributed by atoms with van der Waals surface area (Å²) < 4.78 is 23.3. The fourth-order valence-corrected chi connectivity index (χ4v) is 2.19. The first-order valence-electron chi connectivity index (χ1n) is 5.02. The van der Waals surface area contributed by atoms with E-state index in [1.165, 1.54) is 12.1 Å². The average Bonchev–Trinajstić information content (AvgIpc) is 2.29. The van der Waals surface area contributed by atoms with Crippen molar-refractivity contribution in [2.75, 3.05) is 12.5 Å². The first-order chi connectivity index (χ1) is 8.45. The average molecular weight is 293 g/mol. The van der Waals surface area contributed by atoms with Gasteiger partial charge in [0.05, 0.1) is 4.90 Å². The minimum atomic E-state index is -3.80. The molecule has 3 N–H and O–H groups in total. The zero-order valence-corrected chi connectivity index (χ0v) is 11.0. The van der Waals surface area contributed by atoms with Crippen LogP contribution in [0, 0.1) is 0 Å². The number of alkyl halides is 1. The Morgan fingerprint density at radius 3 is 2.44 bits per heavy atom. The molecule has 0 saturated carbocycles. The predicted octanol–water partition coefficient (Wildman–Crippen LogP) is 0.163. The van der Waals surface area contributed by atoms with E-state index >= 15 is 0 Å². The molecule has 8 heteroatoms. The normalized spacial score (nSPS) is 11.4. The number of aryl methyl sites for hydroxylation is 1. The van der Waals surface area contributed by atoms with Gasteiger partial charge in [0.15, 0.2) is 0 Å². The van der Waals surface area contributed by atoms with E-state index < -0.39 is 22.5 Å². The van der Waals surface area contributed by atoms with Crippen LogP contribution in [0.2, 0.25) is 0 Å². The minimum absolute atomic E-state index is 0.0327. The zero-order chi connectivity index (χ0) is 13.6. The molecule has 18 heavy (non-hydrogen) atoms. The highest BCUT2D eigenvalue weighted by Crippen LogP contribution is 2.11. The van der Waals surface area contributed by atoms with Gasteiger partial charge >= 0.3 is 0 Å². The molecule has 1 amide bonds. The number of benzene rings is 1. The maximum Gasteiger partial charge on any atom is 0.262 e. The fraction of sp³-hybridized carbons (Fsp3) is 0.300. The van der Waals surface area contributed by atoms with Crippen molar-refractivity contribution in [3.05, 3.63) is 29.8 Å².